The van der Waals surface area contributed by atoms with E-state index in [1.54, 1.807) is 0 Å². The Morgan fingerprint density at radius 2 is 2.06 bits per heavy atom. The van der Waals surface area contributed by atoms with Crippen LogP contribution in [0, 0.1) is 12.3 Å². The van der Waals surface area contributed by atoms with E-state index < -0.39 is 24.1 Å². The summed E-state index contributed by atoms with van der Waals surface area (Å²) in [5, 5.41) is 23.4. The zero-order valence-corrected chi connectivity index (χ0v) is 10.1. The van der Waals surface area contributed by atoms with Gasteiger partial charge in [0.2, 0.25) is 0 Å². The number of hydrogen-bond donors (Lipinski definition) is 4. The number of carbonyl (C=O) groups is 2. The smallest absolute Gasteiger partial charge is 0.327 e. The van der Waals surface area contributed by atoms with Crippen molar-refractivity contribution in [3.63, 3.8) is 0 Å². The molecule has 100 valence electrons. The average Bonchev–Trinajstić information content (AvgIpc) is 2.31. The van der Waals surface area contributed by atoms with Crippen LogP contribution in [0.3, 0.4) is 0 Å². The minimum Gasteiger partial charge on any atom is -0.480 e. The second-order valence-electron chi connectivity index (χ2n) is 4.38. The molecule has 0 aromatic carbocycles. The number of carbonyl (C=O) groups excluding carboxylic acids is 1. The van der Waals surface area contributed by atoms with Gasteiger partial charge in [0, 0.05) is 6.42 Å². The van der Waals surface area contributed by atoms with Gasteiger partial charge < -0.3 is 20.8 Å². The zero-order chi connectivity index (χ0) is 13.5. The quantitative estimate of drug-likeness (QED) is 0.533. The van der Waals surface area contributed by atoms with Crippen LogP contribution < -0.4 is 10.6 Å². The normalized spacial score (nSPS) is 24.7. The van der Waals surface area contributed by atoms with E-state index in [1.165, 1.54) is 0 Å². The van der Waals surface area contributed by atoms with Crippen LogP contribution in [0.5, 0.6) is 0 Å². The highest BCUT2D eigenvalue weighted by molar-refractivity contribution is 5.82. The first-order valence-electron chi connectivity index (χ1n) is 5.96. The summed E-state index contributed by atoms with van der Waals surface area (Å²) in [4.78, 5) is 22.4. The van der Waals surface area contributed by atoms with Gasteiger partial charge in [-0.3, -0.25) is 0 Å². The summed E-state index contributed by atoms with van der Waals surface area (Å²) in [6.07, 6.45) is 7.61. The molecule has 4 N–H and O–H groups in total. The van der Waals surface area contributed by atoms with Crippen molar-refractivity contribution in [2.24, 2.45) is 0 Å². The summed E-state index contributed by atoms with van der Waals surface area (Å²) < 4.78 is 0. The molecular weight excluding hydrogens is 236 g/mol. The number of carboxylic acid groups (broad SMARTS) is 1. The molecular formula is C12H18N2O4. The Morgan fingerprint density at radius 1 is 1.39 bits per heavy atom. The van der Waals surface area contributed by atoms with E-state index in [1.807, 2.05) is 0 Å². The lowest BCUT2D eigenvalue weighted by Gasteiger charge is -2.28. The topological polar surface area (TPSA) is 98.7 Å². The maximum absolute atomic E-state index is 11.6. The van der Waals surface area contributed by atoms with E-state index in [9.17, 15) is 14.7 Å². The van der Waals surface area contributed by atoms with Crippen LogP contribution in [0.2, 0.25) is 0 Å². The van der Waals surface area contributed by atoms with Crippen LogP contribution in [0.4, 0.5) is 4.79 Å². The summed E-state index contributed by atoms with van der Waals surface area (Å²) >= 11 is 0. The molecule has 6 heteroatoms. The fourth-order valence-electron chi connectivity index (χ4n) is 1.97. The van der Waals surface area contributed by atoms with Gasteiger partial charge in [0.05, 0.1) is 12.1 Å². The van der Waals surface area contributed by atoms with Crippen LogP contribution in [-0.4, -0.2) is 40.4 Å². The van der Waals surface area contributed by atoms with E-state index in [-0.39, 0.29) is 12.5 Å². The van der Waals surface area contributed by atoms with Crippen molar-refractivity contribution in [2.75, 3.05) is 0 Å². The van der Waals surface area contributed by atoms with Gasteiger partial charge in [-0.25, -0.2) is 9.59 Å². The van der Waals surface area contributed by atoms with E-state index in [4.69, 9.17) is 11.5 Å². The molecule has 0 radical (unpaired) electrons. The number of hydrogen-bond acceptors (Lipinski definition) is 3. The summed E-state index contributed by atoms with van der Waals surface area (Å²) in [7, 11) is 0. The highest BCUT2D eigenvalue weighted by Gasteiger charge is 2.26. The number of aliphatic hydroxyl groups is 1. The van der Waals surface area contributed by atoms with Crippen molar-refractivity contribution in [3.05, 3.63) is 0 Å². The Labute approximate surface area is 106 Å². The highest BCUT2D eigenvalue weighted by atomic mass is 16.4. The molecule has 1 fully saturated rings. The first-order valence-corrected chi connectivity index (χ1v) is 5.96. The summed E-state index contributed by atoms with van der Waals surface area (Å²) in [5.41, 5.74) is 0. The number of carboxylic acids is 1. The Balaban J connectivity index is 2.44. The molecule has 0 spiro atoms. The van der Waals surface area contributed by atoms with Gasteiger partial charge in [0.25, 0.3) is 0 Å². The number of rotatable bonds is 4. The molecule has 3 unspecified atom stereocenters. The average molecular weight is 254 g/mol. The largest absolute Gasteiger partial charge is 0.480 e. The van der Waals surface area contributed by atoms with Crippen LogP contribution in [0.25, 0.3) is 0 Å². The first kappa shape index (κ1) is 14.3. The Hall–Kier alpha value is -1.74. The molecule has 0 bridgehead atoms. The standard InChI is InChI=1S/C12H18N2O4/c1-2-5-9(11(16)17)14-12(18)13-8-6-3-4-7-10(8)15/h1,8-10,15H,3-7H2,(H,16,17)(H2,13,14,18). The van der Waals surface area contributed by atoms with Gasteiger partial charge in [-0.05, 0) is 12.8 Å². The van der Waals surface area contributed by atoms with Gasteiger partial charge >= 0.3 is 12.0 Å². The van der Waals surface area contributed by atoms with Crippen LogP contribution >= 0.6 is 0 Å². The van der Waals surface area contributed by atoms with Gasteiger partial charge in [0.15, 0.2) is 0 Å². The lowest BCUT2D eigenvalue weighted by Crippen LogP contribution is -2.52. The third-order valence-electron chi connectivity index (χ3n) is 2.97. The highest BCUT2D eigenvalue weighted by Crippen LogP contribution is 2.18. The molecule has 0 saturated heterocycles. The molecule has 1 saturated carbocycles. The number of aliphatic hydroxyl groups excluding tert-OH is 1. The number of aliphatic carboxylic acids is 1. The van der Waals surface area contributed by atoms with E-state index >= 15 is 0 Å². The second kappa shape index (κ2) is 6.87. The van der Waals surface area contributed by atoms with Crippen molar-refractivity contribution < 1.29 is 19.8 Å². The first-order chi connectivity index (χ1) is 8.54. The van der Waals surface area contributed by atoms with Gasteiger partial charge in [-0.2, -0.15) is 0 Å². The predicted octanol–water partition coefficient (Wildman–Crippen LogP) is 0.0656. The van der Waals surface area contributed by atoms with E-state index in [0.29, 0.717) is 12.8 Å². The van der Waals surface area contributed by atoms with Crippen LogP contribution in [0.1, 0.15) is 32.1 Å². The monoisotopic (exact) mass is 254 g/mol. The number of nitrogens with one attached hydrogen (secondary N) is 2. The third kappa shape index (κ3) is 4.26. The van der Waals surface area contributed by atoms with E-state index in [2.05, 4.69) is 16.6 Å². The van der Waals surface area contributed by atoms with Crippen molar-refractivity contribution in [1.82, 2.24) is 10.6 Å². The van der Waals surface area contributed by atoms with E-state index in [0.717, 1.165) is 12.8 Å². The maximum Gasteiger partial charge on any atom is 0.327 e. The molecule has 6 nitrogen and oxygen atoms in total. The minimum absolute atomic E-state index is 0.0734. The number of terminal acetylenes is 1. The Bertz CT molecular complexity index is 350. The lowest BCUT2D eigenvalue weighted by atomic mass is 9.93. The fraction of sp³-hybridized carbons (Fsp3) is 0.667. The summed E-state index contributed by atoms with van der Waals surface area (Å²) in [6.45, 7) is 0. The van der Waals surface area contributed by atoms with Gasteiger partial charge in [-0.1, -0.05) is 12.8 Å². The van der Waals surface area contributed by atoms with Gasteiger partial charge in [0.1, 0.15) is 6.04 Å². The van der Waals surface area contributed by atoms with Gasteiger partial charge in [-0.15, -0.1) is 12.3 Å². The molecule has 1 aliphatic carbocycles. The zero-order valence-electron chi connectivity index (χ0n) is 10.1. The SMILES string of the molecule is C#CCC(NC(=O)NC1CCCCC1O)C(=O)O. The van der Waals surface area contributed by atoms with Crippen molar-refractivity contribution in [3.8, 4) is 12.3 Å². The Morgan fingerprint density at radius 3 is 2.61 bits per heavy atom. The van der Waals surface area contributed by atoms with Crippen LogP contribution in [0.15, 0.2) is 0 Å². The molecule has 1 rings (SSSR count). The van der Waals surface area contributed by atoms with Crippen molar-refractivity contribution in [2.45, 2.75) is 50.3 Å². The molecule has 3 atom stereocenters. The molecule has 0 aromatic rings. The molecule has 1 aliphatic rings. The second-order valence-corrected chi connectivity index (χ2v) is 4.38. The van der Waals surface area contributed by atoms with Crippen LogP contribution in [-0.2, 0) is 4.79 Å². The van der Waals surface area contributed by atoms with Crippen molar-refractivity contribution in [1.29, 1.82) is 0 Å². The third-order valence-corrected chi connectivity index (χ3v) is 2.97. The molecule has 18 heavy (non-hydrogen) atoms. The Kier molecular flexibility index (Phi) is 5.46. The lowest BCUT2D eigenvalue weighted by molar-refractivity contribution is -0.139. The maximum atomic E-state index is 11.6. The molecule has 2 amide bonds. The predicted molar refractivity (Wildman–Crippen MR) is 64.8 cm³/mol. The minimum atomic E-state index is -1.17. The fourth-order valence-corrected chi connectivity index (χ4v) is 1.97. The number of urea groups is 1. The molecule has 0 aromatic heterocycles. The summed E-state index contributed by atoms with van der Waals surface area (Å²) in [6, 6.07) is -2.03. The summed E-state index contributed by atoms with van der Waals surface area (Å²) in [5.74, 6) is 1.02. The molecule has 0 heterocycles. The van der Waals surface area contributed by atoms with Crippen molar-refractivity contribution >= 4 is 12.0 Å². The molecule has 0 aliphatic heterocycles. The number of amides is 2.